The molecule has 4 nitrogen and oxygen atoms in total. The van der Waals surface area contributed by atoms with E-state index in [1.54, 1.807) is 0 Å². The smallest absolute Gasteiger partial charge is 0.238 e. The first kappa shape index (κ1) is 18.8. The fourth-order valence-corrected chi connectivity index (χ4v) is 2.64. The van der Waals surface area contributed by atoms with Crippen LogP contribution in [0, 0.1) is 11.6 Å². The Morgan fingerprint density at radius 3 is 2.59 bits per heavy atom. The van der Waals surface area contributed by atoms with Crippen LogP contribution in [0.3, 0.4) is 0 Å². The van der Waals surface area contributed by atoms with Gasteiger partial charge in [-0.3, -0.25) is 9.69 Å². The molecule has 0 saturated carbocycles. The van der Waals surface area contributed by atoms with Crippen LogP contribution in [0.25, 0.3) is 0 Å². The predicted molar refractivity (Wildman–Crippen MR) is 85.4 cm³/mol. The van der Waals surface area contributed by atoms with Crippen LogP contribution in [-0.4, -0.2) is 43.0 Å². The van der Waals surface area contributed by atoms with Crippen molar-refractivity contribution in [2.75, 3.05) is 31.5 Å². The van der Waals surface area contributed by atoms with Gasteiger partial charge in [-0.15, -0.1) is 12.4 Å². The molecule has 1 aromatic rings. The van der Waals surface area contributed by atoms with Gasteiger partial charge >= 0.3 is 0 Å². The van der Waals surface area contributed by atoms with Gasteiger partial charge in [0.15, 0.2) is 0 Å². The number of halogens is 3. The summed E-state index contributed by atoms with van der Waals surface area (Å²) in [6, 6.07) is 3.35. The average Bonchev–Trinajstić information content (AvgIpc) is 2.90. The Bertz CT molecular complexity index is 475. The molecule has 2 N–H and O–H groups in total. The van der Waals surface area contributed by atoms with Crippen molar-refractivity contribution in [2.45, 2.75) is 25.8 Å². The van der Waals surface area contributed by atoms with Crippen LogP contribution in [0.2, 0.25) is 0 Å². The molecule has 1 fully saturated rings. The first-order chi connectivity index (χ1) is 10.1. The highest BCUT2D eigenvalue weighted by atomic mass is 35.5. The average molecular weight is 334 g/mol. The summed E-state index contributed by atoms with van der Waals surface area (Å²) in [7, 11) is 0. The lowest BCUT2D eigenvalue weighted by Gasteiger charge is -2.27. The highest BCUT2D eigenvalue weighted by molar-refractivity contribution is 5.92. The maximum atomic E-state index is 13.1. The largest absolute Gasteiger partial charge is 0.325 e. The van der Waals surface area contributed by atoms with Crippen molar-refractivity contribution in [3.63, 3.8) is 0 Å². The molecule has 124 valence electrons. The van der Waals surface area contributed by atoms with Crippen LogP contribution < -0.4 is 10.6 Å². The van der Waals surface area contributed by atoms with Crippen molar-refractivity contribution in [1.82, 2.24) is 10.2 Å². The Hall–Kier alpha value is -1.24. The van der Waals surface area contributed by atoms with Gasteiger partial charge in [0.05, 0.1) is 6.54 Å². The highest BCUT2D eigenvalue weighted by Gasteiger charge is 2.23. The van der Waals surface area contributed by atoms with E-state index in [4.69, 9.17) is 0 Å². The molecule has 1 heterocycles. The van der Waals surface area contributed by atoms with E-state index < -0.39 is 11.6 Å². The van der Waals surface area contributed by atoms with Crippen molar-refractivity contribution in [2.24, 2.45) is 0 Å². The van der Waals surface area contributed by atoms with E-state index in [1.165, 1.54) is 0 Å². The highest BCUT2D eigenvalue weighted by Crippen LogP contribution is 2.14. The SMILES string of the molecule is CCCN(CC(=O)Nc1cc(F)cc(F)c1)C1CCNC1.Cl. The zero-order chi connectivity index (χ0) is 15.2. The second kappa shape index (κ2) is 9.02. The molecule has 0 aliphatic carbocycles. The third-order valence-electron chi connectivity index (χ3n) is 3.55. The predicted octanol–water partition coefficient (Wildman–Crippen LogP) is 2.40. The first-order valence-corrected chi connectivity index (χ1v) is 7.29. The maximum absolute atomic E-state index is 13.1. The van der Waals surface area contributed by atoms with Crippen molar-refractivity contribution in [3.05, 3.63) is 29.8 Å². The fourth-order valence-electron chi connectivity index (χ4n) is 2.64. The summed E-state index contributed by atoms with van der Waals surface area (Å²) in [4.78, 5) is 14.2. The molecule has 22 heavy (non-hydrogen) atoms. The molecule has 0 bridgehead atoms. The standard InChI is InChI=1S/C15H21F2N3O.ClH/c1-2-5-20(14-3-4-18-9-14)10-15(21)19-13-7-11(16)6-12(17)8-13;/h6-8,14,18H,2-5,9-10H2,1H3,(H,19,21);1H. The summed E-state index contributed by atoms with van der Waals surface area (Å²) >= 11 is 0. The van der Waals surface area contributed by atoms with Crippen LogP contribution in [0.1, 0.15) is 19.8 Å². The number of carbonyl (C=O) groups excluding carboxylic acids is 1. The molecule has 2 rings (SSSR count). The van der Waals surface area contributed by atoms with Crippen LogP contribution in [0.5, 0.6) is 0 Å². The third kappa shape index (κ3) is 5.51. The van der Waals surface area contributed by atoms with Crippen LogP contribution >= 0.6 is 12.4 Å². The number of carbonyl (C=O) groups is 1. The molecular weight excluding hydrogens is 312 g/mol. The molecule has 0 spiro atoms. The van der Waals surface area contributed by atoms with E-state index in [-0.39, 0.29) is 30.5 Å². The number of rotatable bonds is 6. The lowest BCUT2D eigenvalue weighted by molar-refractivity contribution is -0.117. The first-order valence-electron chi connectivity index (χ1n) is 7.29. The minimum Gasteiger partial charge on any atom is -0.325 e. The van der Waals surface area contributed by atoms with Crippen molar-refractivity contribution in [1.29, 1.82) is 0 Å². The molecule has 0 aromatic heterocycles. The molecule has 1 amide bonds. The number of benzene rings is 1. The van der Waals surface area contributed by atoms with Gasteiger partial charge in [0.25, 0.3) is 0 Å². The Kier molecular flexibility index (Phi) is 7.72. The van der Waals surface area contributed by atoms with E-state index in [2.05, 4.69) is 22.5 Å². The minimum atomic E-state index is -0.698. The molecule has 1 aliphatic rings. The summed E-state index contributed by atoms with van der Waals surface area (Å²) in [5, 5.41) is 5.83. The van der Waals surface area contributed by atoms with E-state index in [0.29, 0.717) is 6.04 Å². The van der Waals surface area contributed by atoms with Crippen molar-refractivity contribution >= 4 is 24.0 Å². The zero-order valence-corrected chi connectivity index (χ0v) is 13.4. The quantitative estimate of drug-likeness (QED) is 0.840. The molecular formula is C15H22ClF2N3O. The van der Waals surface area contributed by atoms with Crippen molar-refractivity contribution < 1.29 is 13.6 Å². The Labute approximate surface area is 135 Å². The lowest BCUT2D eigenvalue weighted by Crippen LogP contribution is -2.42. The Morgan fingerprint density at radius 1 is 1.36 bits per heavy atom. The molecule has 1 aliphatic heterocycles. The summed E-state index contributed by atoms with van der Waals surface area (Å²) in [5.74, 6) is -1.65. The number of hydrogen-bond acceptors (Lipinski definition) is 3. The molecule has 1 saturated heterocycles. The second-order valence-corrected chi connectivity index (χ2v) is 5.32. The van der Waals surface area contributed by atoms with Gasteiger partial charge in [0.1, 0.15) is 11.6 Å². The monoisotopic (exact) mass is 333 g/mol. The van der Waals surface area contributed by atoms with Gasteiger partial charge in [-0.2, -0.15) is 0 Å². The molecule has 7 heteroatoms. The van der Waals surface area contributed by atoms with Gasteiger partial charge in [-0.25, -0.2) is 8.78 Å². The molecule has 1 aromatic carbocycles. The summed E-state index contributed by atoms with van der Waals surface area (Å²) in [5.41, 5.74) is 0.151. The number of nitrogens with zero attached hydrogens (tertiary/aromatic N) is 1. The van der Waals surface area contributed by atoms with Crippen LogP contribution in [0.15, 0.2) is 18.2 Å². The number of hydrogen-bond donors (Lipinski definition) is 2. The van der Waals surface area contributed by atoms with E-state index >= 15 is 0 Å². The van der Waals surface area contributed by atoms with Gasteiger partial charge in [0.2, 0.25) is 5.91 Å². The Morgan fingerprint density at radius 2 is 2.05 bits per heavy atom. The zero-order valence-electron chi connectivity index (χ0n) is 12.6. The lowest BCUT2D eigenvalue weighted by atomic mass is 10.2. The van der Waals surface area contributed by atoms with Crippen molar-refractivity contribution in [3.8, 4) is 0 Å². The van der Waals surface area contributed by atoms with E-state index in [1.807, 2.05) is 0 Å². The van der Waals surface area contributed by atoms with E-state index in [0.717, 1.165) is 50.7 Å². The summed E-state index contributed by atoms with van der Waals surface area (Å²) < 4.78 is 26.2. The van der Waals surface area contributed by atoms with Gasteiger partial charge < -0.3 is 10.6 Å². The number of nitrogens with one attached hydrogen (secondary N) is 2. The van der Waals surface area contributed by atoms with Gasteiger partial charge in [0, 0.05) is 24.3 Å². The van der Waals surface area contributed by atoms with Gasteiger partial charge in [-0.05, 0) is 38.1 Å². The van der Waals surface area contributed by atoms with Gasteiger partial charge in [-0.1, -0.05) is 6.92 Å². The third-order valence-corrected chi connectivity index (χ3v) is 3.55. The number of anilines is 1. The summed E-state index contributed by atoms with van der Waals surface area (Å²) in [6.45, 7) is 4.97. The molecule has 1 atom stereocenters. The van der Waals surface area contributed by atoms with Crippen LogP contribution in [-0.2, 0) is 4.79 Å². The molecule has 1 unspecified atom stereocenters. The van der Waals surface area contributed by atoms with Crippen LogP contribution in [0.4, 0.5) is 14.5 Å². The normalized spacial score (nSPS) is 17.4. The fraction of sp³-hybridized carbons (Fsp3) is 0.533. The summed E-state index contributed by atoms with van der Waals surface area (Å²) in [6.07, 6.45) is 1.97. The Balaban J connectivity index is 0.00000242. The van der Waals surface area contributed by atoms with E-state index in [9.17, 15) is 13.6 Å². The maximum Gasteiger partial charge on any atom is 0.238 e. The topological polar surface area (TPSA) is 44.4 Å². The number of amides is 1. The minimum absolute atomic E-state index is 0. The second-order valence-electron chi connectivity index (χ2n) is 5.32. The molecule has 0 radical (unpaired) electrons.